The van der Waals surface area contributed by atoms with E-state index >= 15 is 0 Å². The molecule has 2 rings (SSSR count). The molecule has 0 spiro atoms. The molecule has 0 saturated carbocycles. The van der Waals surface area contributed by atoms with Crippen molar-refractivity contribution in [3.63, 3.8) is 0 Å². The molecule has 0 bridgehead atoms. The smallest absolute Gasteiger partial charge is 0.321 e. The summed E-state index contributed by atoms with van der Waals surface area (Å²) < 4.78 is 0.839. The number of anilines is 1. The van der Waals surface area contributed by atoms with Gasteiger partial charge in [0.05, 0.1) is 5.02 Å². The van der Waals surface area contributed by atoms with Crippen LogP contribution in [0.15, 0.2) is 16.6 Å². The third-order valence-electron chi connectivity index (χ3n) is 3.62. The predicted octanol–water partition coefficient (Wildman–Crippen LogP) is 3.58. The van der Waals surface area contributed by atoms with Crippen LogP contribution >= 0.6 is 27.5 Å². The lowest BCUT2D eigenvalue weighted by atomic mass is 10.2. The Morgan fingerprint density at radius 2 is 2.00 bits per heavy atom. The maximum absolute atomic E-state index is 12.3. The molecule has 1 heterocycles. The quantitative estimate of drug-likeness (QED) is 0.875. The number of hydrogen-bond donors (Lipinski definition) is 1. The maximum Gasteiger partial charge on any atom is 0.321 e. The van der Waals surface area contributed by atoms with Crippen molar-refractivity contribution in [2.24, 2.45) is 0 Å². The third kappa shape index (κ3) is 3.65. The average Bonchev–Trinajstić information content (AvgIpc) is 2.44. The second-order valence-corrected chi connectivity index (χ2v) is 6.19. The second-order valence-electron chi connectivity index (χ2n) is 4.93. The molecule has 20 heavy (non-hydrogen) atoms. The molecule has 0 radical (unpaired) electrons. The maximum atomic E-state index is 12.3. The van der Waals surface area contributed by atoms with Crippen LogP contribution in [-0.2, 0) is 0 Å². The number of halogens is 2. The second kappa shape index (κ2) is 6.78. The molecule has 1 aromatic rings. The number of piperazine rings is 1. The van der Waals surface area contributed by atoms with E-state index in [9.17, 15) is 4.79 Å². The van der Waals surface area contributed by atoms with Gasteiger partial charge in [-0.2, -0.15) is 0 Å². The third-order valence-corrected chi connectivity index (χ3v) is 4.81. The van der Waals surface area contributed by atoms with Crippen molar-refractivity contribution < 1.29 is 4.79 Å². The van der Waals surface area contributed by atoms with Crippen molar-refractivity contribution >= 4 is 39.2 Å². The molecule has 1 fully saturated rings. The summed E-state index contributed by atoms with van der Waals surface area (Å²) in [7, 11) is 0. The molecule has 0 aliphatic carbocycles. The van der Waals surface area contributed by atoms with Crippen LogP contribution in [0, 0.1) is 6.92 Å². The van der Waals surface area contributed by atoms with Gasteiger partial charge in [0.15, 0.2) is 0 Å². The standard InChI is InChI=1S/C14H19BrClN3O/c1-3-18-4-6-19(7-5-18)14(20)17-13-9-12(16)11(15)8-10(13)2/h8-9H,3-7H2,1-2H3,(H,17,20). The van der Waals surface area contributed by atoms with E-state index in [4.69, 9.17) is 11.6 Å². The van der Waals surface area contributed by atoms with E-state index in [0.717, 1.165) is 48.4 Å². The van der Waals surface area contributed by atoms with Gasteiger partial charge in [-0.1, -0.05) is 18.5 Å². The molecule has 1 aliphatic heterocycles. The Hall–Kier alpha value is -0.780. The molecule has 1 aliphatic rings. The summed E-state index contributed by atoms with van der Waals surface area (Å²) >= 11 is 9.45. The zero-order valence-corrected chi connectivity index (χ0v) is 14.1. The molecule has 0 unspecified atom stereocenters. The normalized spacial score (nSPS) is 16.3. The van der Waals surface area contributed by atoms with Gasteiger partial charge in [-0.05, 0) is 47.1 Å². The van der Waals surface area contributed by atoms with E-state index in [-0.39, 0.29) is 6.03 Å². The summed E-state index contributed by atoms with van der Waals surface area (Å²) in [4.78, 5) is 16.4. The molecule has 4 nitrogen and oxygen atoms in total. The Kier molecular flexibility index (Phi) is 5.29. The van der Waals surface area contributed by atoms with Crippen LogP contribution in [-0.4, -0.2) is 48.6 Å². The first kappa shape index (κ1) is 15.6. The lowest BCUT2D eigenvalue weighted by molar-refractivity contribution is 0.151. The molecule has 0 aromatic heterocycles. The van der Waals surface area contributed by atoms with Crippen LogP contribution in [0.5, 0.6) is 0 Å². The zero-order valence-electron chi connectivity index (χ0n) is 11.7. The number of amides is 2. The van der Waals surface area contributed by atoms with Crippen LogP contribution < -0.4 is 5.32 Å². The highest BCUT2D eigenvalue weighted by molar-refractivity contribution is 9.10. The van der Waals surface area contributed by atoms with E-state index in [1.807, 2.05) is 17.9 Å². The number of carbonyl (C=O) groups excluding carboxylic acids is 1. The monoisotopic (exact) mass is 359 g/mol. The van der Waals surface area contributed by atoms with Crippen LogP contribution in [0.25, 0.3) is 0 Å². The van der Waals surface area contributed by atoms with Gasteiger partial charge in [0.25, 0.3) is 0 Å². The first-order valence-electron chi connectivity index (χ1n) is 6.75. The van der Waals surface area contributed by atoms with Crippen LogP contribution in [0.4, 0.5) is 10.5 Å². The van der Waals surface area contributed by atoms with Crippen molar-refractivity contribution in [1.29, 1.82) is 0 Å². The Labute approximate surface area is 133 Å². The Balaban J connectivity index is 2.00. The number of carbonyl (C=O) groups is 1. The molecule has 1 N–H and O–H groups in total. The topological polar surface area (TPSA) is 35.6 Å². The average molecular weight is 361 g/mol. The Morgan fingerprint density at radius 1 is 1.35 bits per heavy atom. The van der Waals surface area contributed by atoms with E-state index in [2.05, 4.69) is 33.1 Å². The van der Waals surface area contributed by atoms with Crippen LogP contribution in [0.1, 0.15) is 12.5 Å². The van der Waals surface area contributed by atoms with Gasteiger partial charge in [-0.3, -0.25) is 0 Å². The lowest BCUT2D eigenvalue weighted by Gasteiger charge is -2.34. The SMILES string of the molecule is CCN1CCN(C(=O)Nc2cc(Cl)c(Br)cc2C)CC1. The number of urea groups is 1. The van der Waals surface area contributed by atoms with Crippen molar-refractivity contribution in [3.05, 3.63) is 27.2 Å². The Bertz CT molecular complexity index is 501. The van der Waals surface area contributed by atoms with Crippen molar-refractivity contribution in [1.82, 2.24) is 9.80 Å². The predicted molar refractivity (Wildman–Crippen MR) is 86.6 cm³/mol. The van der Waals surface area contributed by atoms with Gasteiger partial charge < -0.3 is 15.1 Å². The van der Waals surface area contributed by atoms with Gasteiger partial charge >= 0.3 is 6.03 Å². The van der Waals surface area contributed by atoms with Crippen molar-refractivity contribution in [2.45, 2.75) is 13.8 Å². The summed E-state index contributed by atoms with van der Waals surface area (Å²) in [5.74, 6) is 0. The number of aryl methyl sites for hydroxylation is 1. The van der Waals surface area contributed by atoms with Crippen LogP contribution in [0.3, 0.4) is 0 Å². The summed E-state index contributed by atoms with van der Waals surface area (Å²) in [6, 6.07) is 3.64. The highest BCUT2D eigenvalue weighted by Gasteiger charge is 2.20. The highest BCUT2D eigenvalue weighted by Crippen LogP contribution is 2.29. The van der Waals surface area contributed by atoms with Gasteiger partial charge in [-0.25, -0.2) is 4.79 Å². The molecule has 2 amide bonds. The van der Waals surface area contributed by atoms with E-state index in [1.165, 1.54) is 0 Å². The zero-order chi connectivity index (χ0) is 14.7. The minimum absolute atomic E-state index is 0.0535. The van der Waals surface area contributed by atoms with Crippen LogP contribution in [0.2, 0.25) is 5.02 Å². The number of hydrogen-bond acceptors (Lipinski definition) is 2. The van der Waals surface area contributed by atoms with Crippen molar-refractivity contribution in [3.8, 4) is 0 Å². The molecule has 0 atom stereocenters. The summed E-state index contributed by atoms with van der Waals surface area (Å²) in [5, 5.41) is 3.54. The number of nitrogens with one attached hydrogen (secondary N) is 1. The molecular weight excluding hydrogens is 342 g/mol. The molecular formula is C14H19BrClN3O. The first-order chi connectivity index (χ1) is 9.51. The molecule has 6 heteroatoms. The molecule has 110 valence electrons. The number of nitrogens with zero attached hydrogens (tertiary/aromatic N) is 2. The number of likely N-dealkylation sites (N-methyl/N-ethyl adjacent to an activating group) is 1. The first-order valence-corrected chi connectivity index (χ1v) is 7.92. The largest absolute Gasteiger partial charge is 0.322 e. The fraction of sp³-hybridized carbons (Fsp3) is 0.500. The molecule has 1 aromatic carbocycles. The minimum atomic E-state index is -0.0535. The van der Waals surface area contributed by atoms with Gasteiger partial charge in [0.2, 0.25) is 0 Å². The van der Waals surface area contributed by atoms with Gasteiger partial charge in [-0.15, -0.1) is 0 Å². The minimum Gasteiger partial charge on any atom is -0.322 e. The lowest BCUT2D eigenvalue weighted by Crippen LogP contribution is -2.49. The summed E-state index contributed by atoms with van der Waals surface area (Å²) in [5.41, 5.74) is 1.75. The van der Waals surface area contributed by atoms with E-state index < -0.39 is 0 Å². The van der Waals surface area contributed by atoms with E-state index in [1.54, 1.807) is 6.07 Å². The van der Waals surface area contributed by atoms with Crippen molar-refractivity contribution in [2.75, 3.05) is 38.0 Å². The van der Waals surface area contributed by atoms with Gasteiger partial charge in [0, 0.05) is 36.3 Å². The highest BCUT2D eigenvalue weighted by atomic mass is 79.9. The fourth-order valence-corrected chi connectivity index (χ4v) is 2.86. The molecule has 1 saturated heterocycles. The fourth-order valence-electron chi connectivity index (χ4n) is 2.24. The number of benzene rings is 1. The number of rotatable bonds is 2. The van der Waals surface area contributed by atoms with E-state index in [0.29, 0.717) is 5.02 Å². The van der Waals surface area contributed by atoms with Gasteiger partial charge in [0.1, 0.15) is 0 Å². The summed E-state index contributed by atoms with van der Waals surface area (Å²) in [6.45, 7) is 8.53. The Morgan fingerprint density at radius 3 is 2.60 bits per heavy atom. The summed E-state index contributed by atoms with van der Waals surface area (Å²) in [6.07, 6.45) is 0.